The number of carbonyl (C=O) groups is 3. The van der Waals surface area contributed by atoms with E-state index in [2.05, 4.69) is 22.8 Å². The summed E-state index contributed by atoms with van der Waals surface area (Å²) < 4.78 is 5.60. The fourth-order valence-electron chi connectivity index (χ4n) is 4.87. The van der Waals surface area contributed by atoms with Crippen LogP contribution >= 0.6 is 0 Å². The first-order valence-corrected chi connectivity index (χ1v) is 11.5. The number of ether oxygens (including phenoxy) is 1. The zero-order valence-electron chi connectivity index (χ0n) is 19.0. The fraction of sp³-hybridized carbons (Fsp3) is 0.423. The van der Waals surface area contributed by atoms with Crippen LogP contribution in [0, 0.1) is 0 Å². The number of amides is 2. The zero-order valence-corrected chi connectivity index (χ0v) is 19.0. The first-order valence-electron chi connectivity index (χ1n) is 11.5. The molecule has 2 aromatic rings. The molecule has 3 N–H and O–H groups in total. The average molecular weight is 451 g/mol. The van der Waals surface area contributed by atoms with Crippen molar-refractivity contribution in [2.75, 3.05) is 6.61 Å². The largest absolute Gasteiger partial charge is 0.480 e. The molecule has 7 heteroatoms. The standard InChI is InChI=1S/C26H30N2O5/c1-3-13-25(2,22(29)27-26(23(30)31)14-8-15-26)28-24(32)33-16-21-19-11-6-4-9-17(19)18-10-5-7-12-20(18)21/h4-7,9-12,21H,3,8,13-16H2,1-2H3,(H,27,29)(H,28,32)(H,30,31). The summed E-state index contributed by atoms with van der Waals surface area (Å²) in [4.78, 5) is 37.5. The lowest BCUT2D eigenvalue weighted by Crippen LogP contribution is -2.66. The van der Waals surface area contributed by atoms with Crippen LogP contribution in [0.25, 0.3) is 11.1 Å². The number of nitrogens with one attached hydrogen (secondary N) is 2. The molecule has 1 saturated carbocycles. The summed E-state index contributed by atoms with van der Waals surface area (Å²) in [5.74, 6) is -1.62. The maximum absolute atomic E-state index is 13.0. The Labute approximate surface area is 193 Å². The Hall–Kier alpha value is -3.35. The van der Waals surface area contributed by atoms with Gasteiger partial charge in [-0.05, 0) is 54.9 Å². The number of aliphatic carboxylic acids is 1. The first-order chi connectivity index (χ1) is 15.8. The number of hydrogen-bond acceptors (Lipinski definition) is 4. The van der Waals surface area contributed by atoms with E-state index in [0.717, 1.165) is 28.7 Å². The molecule has 0 aliphatic heterocycles. The minimum Gasteiger partial charge on any atom is -0.480 e. The van der Waals surface area contributed by atoms with Crippen LogP contribution in [-0.2, 0) is 14.3 Å². The van der Waals surface area contributed by atoms with E-state index in [9.17, 15) is 19.5 Å². The predicted octanol–water partition coefficient (Wildman–Crippen LogP) is 4.21. The van der Waals surface area contributed by atoms with E-state index in [1.54, 1.807) is 6.92 Å². The lowest BCUT2D eigenvalue weighted by atomic mass is 9.76. The molecule has 0 aromatic heterocycles. The van der Waals surface area contributed by atoms with Crippen molar-refractivity contribution in [1.82, 2.24) is 10.6 Å². The van der Waals surface area contributed by atoms with Gasteiger partial charge in [-0.3, -0.25) is 4.79 Å². The van der Waals surface area contributed by atoms with E-state index in [1.807, 2.05) is 43.3 Å². The second-order valence-electron chi connectivity index (χ2n) is 9.23. The fourth-order valence-corrected chi connectivity index (χ4v) is 4.87. The van der Waals surface area contributed by atoms with Crippen LogP contribution < -0.4 is 10.6 Å². The van der Waals surface area contributed by atoms with Crippen LogP contribution in [0.1, 0.15) is 63.0 Å². The second kappa shape index (κ2) is 8.89. The third-order valence-corrected chi connectivity index (χ3v) is 6.94. The quantitative estimate of drug-likeness (QED) is 0.559. The highest BCUT2D eigenvalue weighted by molar-refractivity contribution is 5.94. The van der Waals surface area contributed by atoms with Gasteiger partial charge in [-0.25, -0.2) is 9.59 Å². The Morgan fingerprint density at radius 2 is 1.64 bits per heavy atom. The summed E-state index contributed by atoms with van der Waals surface area (Å²) in [5, 5.41) is 14.9. The minimum atomic E-state index is -1.27. The van der Waals surface area contributed by atoms with Crippen LogP contribution in [0.2, 0.25) is 0 Å². The summed E-state index contributed by atoms with van der Waals surface area (Å²) in [6.07, 6.45) is 1.83. The van der Waals surface area contributed by atoms with Gasteiger partial charge in [0.15, 0.2) is 0 Å². The normalized spacial score (nSPS) is 17.6. The third kappa shape index (κ3) is 4.19. The highest BCUT2D eigenvalue weighted by Crippen LogP contribution is 2.44. The van der Waals surface area contributed by atoms with Gasteiger partial charge in [0.1, 0.15) is 17.7 Å². The van der Waals surface area contributed by atoms with Gasteiger partial charge >= 0.3 is 12.1 Å². The van der Waals surface area contributed by atoms with Crippen molar-refractivity contribution in [3.63, 3.8) is 0 Å². The minimum absolute atomic E-state index is 0.0836. The van der Waals surface area contributed by atoms with Crippen molar-refractivity contribution in [2.45, 2.75) is 62.9 Å². The average Bonchev–Trinajstić information content (AvgIpc) is 3.08. The van der Waals surface area contributed by atoms with Gasteiger partial charge in [0.25, 0.3) is 0 Å². The molecule has 1 atom stereocenters. The predicted molar refractivity (Wildman–Crippen MR) is 124 cm³/mol. The molecular formula is C26H30N2O5. The molecular weight excluding hydrogens is 420 g/mol. The molecule has 2 aromatic carbocycles. The topological polar surface area (TPSA) is 105 Å². The molecule has 0 saturated heterocycles. The van der Waals surface area contributed by atoms with Crippen LogP contribution in [0.3, 0.4) is 0 Å². The van der Waals surface area contributed by atoms with Crippen molar-refractivity contribution in [2.24, 2.45) is 0 Å². The van der Waals surface area contributed by atoms with E-state index >= 15 is 0 Å². The van der Waals surface area contributed by atoms with Crippen LogP contribution in [0.15, 0.2) is 48.5 Å². The van der Waals surface area contributed by atoms with Crippen LogP contribution in [-0.4, -0.2) is 40.8 Å². The summed E-state index contributed by atoms with van der Waals surface area (Å²) in [5.41, 5.74) is 1.97. The van der Waals surface area contributed by atoms with Crippen LogP contribution in [0.4, 0.5) is 4.79 Å². The van der Waals surface area contributed by atoms with Crippen molar-refractivity contribution < 1.29 is 24.2 Å². The Morgan fingerprint density at radius 3 is 2.12 bits per heavy atom. The number of carboxylic acids is 1. The smallest absolute Gasteiger partial charge is 0.408 e. The van der Waals surface area contributed by atoms with E-state index in [-0.39, 0.29) is 12.5 Å². The highest BCUT2D eigenvalue weighted by atomic mass is 16.5. The summed E-state index contributed by atoms with van der Waals surface area (Å²) in [6.45, 7) is 3.66. The molecule has 0 radical (unpaired) electrons. The van der Waals surface area contributed by atoms with Gasteiger partial charge in [0.2, 0.25) is 5.91 Å². The van der Waals surface area contributed by atoms with Crippen LogP contribution in [0.5, 0.6) is 0 Å². The van der Waals surface area contributed by atoms with Crippen molar-refractivity contribution >= 4 is 18.0 Å². The van der Waals surface area contributed by atoms with Gasteiger partial charge in [-0.1, -0.05) is 61.9 Å². The van der Waals surface area contributed by atoms with Gasteiger partial charge in [-0.15, -0.1) is 0 Å². The molecule has 2 amide bonds. The Kier molecular flexibility index (Phi) is 6.15. The van der Waals surface area contributed by atoms with E-state index < -0.39 is 29.0 Å². The maximum Gasteiger partial charge on any atom is 0.408 e. The van der Waals surface area contributed by atoms with E-state index in [4.69, 9.17) is 4.74 Å². The Balaban J connectivity index is 1.45. The molecule has 4 rings (SSSR count). The third-order valence-electron chi connectivity index (χ3n) is 6.94. The second-order valence-corrected chi connectivity index (χ2v) is 9.23. The zero-order chi connectivity index (χ0) is 23.6. The van der Waals surface area contributed by atoms with Crippen molar-refractivity contribution in [3.8, 4) is 11.1 Å². The maximum atomic E-state index is 13.0. The molecule has 174 valence electrons. The number of rotatable bonds is 8. The number of carboxylic acid groups (broad SMARTS) is 1. The molecule has 0 spiro atoms. The highest BCUT2D eigenvalue weighted by Gasteiger charge is 2.48. The van der Waals surface area contributed by atoms with Crippen molar-refractivity contribution in [3.05, 3.63) is 59.7 Å². The number of fused-ring (bicyclic) bond motifs is 3. The molecule has 2 aliphatic rings. The number of hydrogen-bond donors (Lipinski definition) is 3. The number of alkyl carbamates (subject to hydrolysis) is 1. The Morgan fingerprint density at radius 1 is 1.06 bits per heavy atom. The van der Waals surface area contributed by atoms with E-state index in [0.29, 0.717) is 25.7 Å². The first kappa shape index (κ1) is 22.8. The SMILES string of the molecule is CCCC(C)(NC(=O)OCC1c2ccccc2-c2ccccc21)C(=O)NC1(C(=O)O)CCC1. The van der Waals surface area contributed by atoms with E-state index in [1.165, 1.54) is 0 Å². The lowest BCUT2D eigenvalue weighted by molar-refractivity contribution is -0.152. The molecule has 7 nitrogen and oxygen atoms in total. The Bertz CT molecular complexity index is 1030. The number of benzene rings is 2. The molecule has 1 unspecified atom stereocenters. The summed E-state index contributed by atoms with van der Waals surface area (Å²) >= 11 is 0. The molecule has 0 bridgehead atoms. The van der Waals surface area contributed by atoms with Crippen molar-refractivity contribution in [1.29, 1.82) is 0 Å². The summed E-state index contributed by atoms with van der Waals surface area (Å²) in [7, 11) is 0. The summed E-state index contributed by atoms with van der Waals surface area (Å²) in [6, 6.07) is 16.1. The van der Waals surface area contributed by atoms with Gasteiger partial charge in [0, 0.05) is 5.92 Å². The molecule has 1 fully saturated rings. The molecule has 33 heavy (non-hydrogen) atoms. The van der Waals surface area contributed by atoms with Gasteiger partial charge in [0.05, 0.1) is 0 Å². The molecule has 2 aliphatic carbocycles. The van der Waals surface area contributed by atoms with Gasteiger partial charge < -0.3 is 20.5 Å². The monoisotopic (exact) mass is 450 g/mol. The lowest BCUT2D eigenvalue weighted by Gasteiger charge is -2.41. The molecule has 0 heterocycles. The van der Waals surface area contributed by atoms with Gasteiger partial charge in [-0.2, -0.15) is 0 Å². The number of carbonyl (C=O) groups excluding carboxylic acids is 2.